The number of halogens is 30. The predicted octanol–water partition coefficient (Wildman–Crippen LogP) is 10.0. The van der Waals surface area contributed by atoms with Gasteiger partial charge in [0.15, 0.2) is 0 Å². The van der Waals surface area contributed by atoms with Gasteiger partial charge in [0.25, 0.3) is 0 Å². The van der Waals surface area contributed by atoms with Gasteiger partial charge in [-0.2, -0.15) is 123 Å². The van der Waals surface area contributed by atoms with Crippen LogP contribution in [0.25, 0.3) is 0 Å². The van der Waals surface area contributed by atoms with E-state index >= 15 is 0 Å². The molecule has 30 heteroatoms. The molecule has 0 radical (unpaired) electrons. The summed E-state index contributed by atoms with van der Waals surface area (Å²) in [5, 5.41) is 0. The van der Waals surface area contributed by atoms with Crippen LogP contribution in [0.2, 0.25) is 0 Å². The molecule has 0 heterocycles. The highest BCUT2D eigenvalue weighted by Gasteiger charge is 3.00. The first-order valence-corrected chi connectivity index (χ1v) is 9.67. The van der Waals surface area contributed by atoms with Gasteiger partial charge in [0.2, 0.25) is 0 Å². The van der Waals surface area contributed by atoms with Gasteiger partial charge in [0.05, 0.1) is 11.1 Å². The van der Waals surface area contributed by atoms with Crippen LogP contribution in [0.4, 0.5) is 132 Å². The molecule has 0 aromatic carbocycles. The first-order chi connectivity index (χ1) is 19.2. The van der Waals surface area contributed by atoms with E-state index < -0.39 is 94.6 Å². The summed E-state index contributed by atoms with van der Waals surface area (Å²) in [6.45, 7) is 0. The lowest BCUT2D eigenvalue weighted by Crippen LogP contribution is -2.80. The zero-order chi connectivity index (χ0) is 38.2. The molecule has 0 bridgehead atoms. The summed E-state index contributed by atoms with van der Waals surface area (Å²) in [5.41, 5.74) is -32.2. The van der Waals surface area contributed by atoms with E-state index in [2.05, 4.69) is 0 Å². The number of hydrogen-bond acceptors (Lipinski definition) is 0. The average molecular weight is 762 g/mol. The molecule has 0 N–H and O–H groups in total. The lowest BCUT2D eigenvalue weighted by Gasteiger charge is -2.54. The predicted molar refractivity (Wildman–Crippen MR) is 78.5 cm³/mol. The normalized spacial score (nSPS) is 22.3. The molecule has 1 rings (SSSR count). The second kappa shape index (κ2) is 9.63. The Hall–Kier alpha value is -2.36. The van der Waals surface area contributed by atoms with Gasteiger partial charge in [0, 0.05) is 0 Å². The molecular formula is C16F30. The molecule has 274 valence electrons. The van der Waals surface area contributed by atoms with Crippen LogP contribution in [0.1, 0.15) is 0 Å². The van der Waals surface area contributed by atoms with E-state index in [9.17, 15) is 132 Å². The highest BCUT2D eigenvalue weighted by molar-refractivity contribution is 5.58. The van der Waals surface area contributed by atoms with Crippen LogP contribution in [-0.4, -0.2) is 83.4 Å². The molecule has 0 amide bonds. The highest BCUT2D eigenvalue weighted by atomic mass is 19.5. The minimum atomic E-state index is -9.74. The fourth-order valence-corrected chi connectivity index (χ4v) is 3.48. The fourth-order valence-electron chi connectivity index (χ4n) is 3.48. The molecule has 2 atom stereocenters. The first kappa shape index (κ1) is 41.7. The second-order valence-corrected chi connectivity index (χ2v) is 8.65. The summed E-state index contributed by atoms with van der Waals surface area (Å²) in [4.78, 5) is 0. The summed E-state index contributed by atoms with van der Waals surface area (Å²) < 4.78 is 402. The van der Waals surface area contributed by atoms with Crippen LogP contribution in [0, 0.1) is 0 Å². The summed E-state index contributed by atoms with van der Waals surface area (Å²) in [7, 11) is 0. The van der Waals surface area contributed by atoms with E-state index in [4.69, 9.17) is 0 Å². The Bertz CT molecular complexity index is 1120. The van der Waals surface area contributed by atoms with Crippen LogP contribution in [-0.2, 0) is 0 Å². The monoisotopic (exact) mass is 762 g/mol. The average Bonchev–Trinajstić information content (AvgIpc) is 2.77. The van der Waals surface area contributed by atoms with Gasteiger partial charge in [-0.05, 0) is 0 Å². The van der Waals surface area contributed by atoms with Gasteiger partial charge < -0.3 is 0 Å². The van der Waals surface area contributed by atoms with Crippen molar-refractivity contribution in [2.45, 2.75) is 83.4 Å². The van der Waals surface area contributed by atoms with Crippen molar-refractivity contribution in [2.75, 3.05) is 0 Å². The van der Waals surface area contributed by atoms with E-state index in [-0.39, 0.29) is 0 Å². The van der Waals surface area contributed by atoms with E-state index in [1.807, 2.05) is 0 Å². The molecule has 0 fully saturated rings. The van der Waals surface area contributed by atoms with E-state index in [0.29, 0.717) is 0 Å². The summed E-state index contributed by atoms with van der Waals surface area (Å²) >= 11 is 0. The third-order valence-electron chi connectivity index (χ3n) is 5.90. The van der Waals surface area contributed by atoms with Gasteiger partial charge in [-0.15, -0.1) is 0 Å². The van der Waals surface area contributed by atoms with Gasteiger partial charge in [-0.1, -0.05) is 0 Å². The van der Waals surface area contributed by atoms with Gasteiger partial charge in [-0.3, -0.25) is 0 Å². The van der Waals surface area contributed by atoms with Crippen molar-refractivity contribution in [1.82, 2.24) is 0 Å². The maximum atomic E-state index is 14.8. The fraction of sp³-hybridized carbons (Fsp3) is 0.875. The lowest BCUT2D eigenvalue weighted by atomic mass is 9.61. The van der Waals surface area contributed by atoms with Crippen molar-refractivity contribution < 1.29 is 132 Å². The maximum absolute atomic E-state index is 14.8. The van der Waals surface area contributed by atoms with Crippen molar-refractivity contribution >= 4 is 0 Å². The smallest absolute Gasteiger partial charge is 0.221 e. The molecule has 0 aromatic heterocycles. The molecule has 0 spiro atoms. The first-order valence-electron chi connectivity index (χ1n) is 9.67. The quantitative estimate of drug-likeness (QED) is 0.171. The standard InChI is InChI=1S/C16F30/c17-3(13(35,36)37,7(23,24)9(27,28)11(31,32)15(41,42)43)1-2(6(21,22)5(1,19)20)4(18,14(38,39)40)8(25,26)10(29,30)12(33,34)16(44,45)46. The Morgan fingerprint density at radius 1 is 0.239 bits per heavy atom. The minimum Gasteiger partial charge on any atom is -0.221 e. The van der Waals surface area contributed by atoms with Gasteiger partial charge in [-0.25, -0.2) is 8.78 Å². The van der Waals surface area contributed by atoms with Crippen molar-refractivity contribution in [2.24, 2.45) is 0 Å². The van der Waals surface area contributed by atoms with Crippen molar-refractivity contribution in [3.8, 4) is 0 Å². The topological polar surface area (TPSA) is 0 Å². The molecule has 1 aliphatic carbocycles. The van der Waals surface area contributed by atoms with Crippen LogP contribution in [0.3, 0.4) is 0 Å². The number of allylic oxidation sites excluding steroid dienone is 2. The third kappa shape index (κ3) is 4.43. The molecular weight excluding hydrogens is 762 g/mol. The molecule has 2 unspecified atom stereocenters. The van der Waals surface area contributed by atoms with Crippen LogP contribution in [0.5, 0.6) is 0 Å². The second-order valence-electron chi connectivity index (χ2n) is 8.65. The van der Waals surface area contributed by atoms with Gasteiger partial charge >= 0.3 is 83.4 Å². The maximum Gasteiger partial charge on any atom is 0.460 e. The molecule has 0 saturated carbocycles. The SMILES string of the molecule is FC(F)(F)C(F)(F)C(F)(F)C(F)(F)C(F)(C1=C(C(F)(C(F)(F)F)C(F)(F)C(F)(F)C(F)(F)C(F)(F)F)C(F)(F)C1(F)F)C(F)(F)F. The number of alkyl halides is 30. The third-order valence-corrected chi connectivity index (χ3v) is 5.90. The molecule has 46 heavy (non-hydrogen) atoms. The zero-order valence-corrected chi connectivity index (χ0v) is 19.3. The molecule has 0 nitrogen and oxygen atoms in total. The van der Waals surface area contributed by atoms with Crippen LogP contribution in [0.15, 0.2) is 11.1 Å². The Morgan fingerprint density at radius 3 is 0.543 bits per heavy atom. The summed E-state index contributed by atoms with van der Waals surface area (Å²) in [6.07, 6.45) is -35.2. The number of rotatable bonds is 8. The number of hydrogen-bond donors (Lipinski definition) is 0. The Kier molecular flexibility index (Phi) is 8.72. The van der Waals surface area contributed by atoms with Crippen LogP contribution < -0.4 is 0 Å². The molecule has 1 aliphatic rings. The van der Waals surface area contributed by atoms with E-state index in [1.54, 1.807) is 0 Å². The van der Waals surface area contributed by atoms with Crippen molar-refractivity contribution in [3.05, 3.63) is 11.1 Å². The Labute approximate surface area is 227 Å². The van der Waals surface area contributed by atoms with Crippen molar-refractivity contribution in [3.63, 3.8) is 0 Å². The minimum absolute atomic E-state index is 6.49. The molecule has 0 aromatic rings. The lowest BCUT2D eigenvalue weighted by molar-refractivity contribution is -0.437. The van der Waals surface area contributed by atoms with Gasteiger partial charge in [0.1, 0.15) is 0 Å². The van der Waals surface area contributed by atoms with Crippen molar-refractivity contribution in [1.29, 1.82) is 0 Å². The molecule has 0 aliphatic heterocycles. The van der Waals surface area contributed by atoms with E-state index in [1.165, 1.54) is 0 Å². The largest absolute Gasteiger partial charge is 0.460 e. The summed E-state index contributed by atoms with van der Waals surface area (Å²) in [5.74, 6) is -73.2. The molecule has 0 saturated heterocycles. The van der Waals surface area contributed by atoms with E-state index in [0.717, 1.165) is 0 Å². The van der Waals surface area contributed by atoms with Crippen LogP contribution >= 0.6 is 0 Å². The Morgan fingerprint density at radius 2 is 0.413 bits per heavy atom. The highest BCUT2D eigenvalue weighted by Crippen LogP contribution is 2.75. The Balaban J connectivity index is 4.78. The summed E-state index contributed by atoms with van der Waals surface area (Å²) in [6, 6.07) is 0. The zero-order valence-electron chi connectivity index (χ0n) is 19.3.